The molecule has 0 fully saturated rings. The fourth-order valence-electron chi connectivity index (χ4n) is 0.794. The van der Waals surface area contributed by atoms with Gasteiger partial charge in [-0.3, -0.25) is 0 Å². The number of rotatable bonds is 1. The minimum Gasteiger partial charge on any atom is -0.362 e. The average Bonchev–Trinajstić information content (AvgIpc) is 2.14. The van der Waals surface area contributed by atoms with Gasteiger partial charge in [0.2, 0.25) is 0 Å². The summed E-state index contributed by atoms with van der Waals surface area (Å²) >= 11 is 0. The van der Waals surface area contributed by atoms with Crippen molar-refractivity contribution in [3.05, 3.63) is 12.4 Å². The van der Waals surface area contributed by atoms with Gasteiger partial charge in [-0.1, -0.05) is 0 Å². The number of nitrogens with zero attached hydrogens (tertiary/aromatic N) is 2. The molecule has 0 saturated heterocycles. The Morgan fingerprint density at radius 3 is 1.40 bits per heavy atom. The molecule has 0 N–H and O–H groups in total. The van der Waals surface area contributed by atoms with Crippen molar-refractivity contribution in [2.75, 3.05) is 20.3 Å². The standard InChI is InChI=1S/C6H12N2.7ClH/c1-3-8-5-4-7(2)6-8;;;;;;;/h4-5H,3,6H2,1-2H3;7*1H. The van der Waals surface area contributed by atoms with Gasteiger partial charge in [-0.05, 0) is 6.92 Å². The van der Waals surface area contributed by atoms with E-state index >= 15 is 0 Å². The Kier molecular flexibility index (Phi) is 72.1. The third-order valence-electron chi connectivity index (χ3n) is 1.34. The number of hydrogen-bond donors (Lipinski definition) is 0. The van der Waals surface area contributed by atoms with Crippen LogP contribution in [0.25, 0.3) is 0 Å². The van der Waals surface area contributed by atoms with Gasteiger partial charge in [0.1, 0.15) is 0 Å². The van der Waals surface area contributed by atoms with Crippen molar-refractivity contribution in [1.29, 1.82) is 0 Å². The summed E-state index contributed by atoms with van der Waals surface area (Å²) in [4.78, 5) is 4.41. The Hall–Kier alpha value is 1.37. The van der Waals surface area contributed by atoms with Gasteiger partial charge in [-0.15, -0.1) is 86.8 Å². The maximum absolute atomic E-state index is 2.25. The van der Waals surface area contributed by atoms with E-state index in [9.17, 15) is 0 Å². The van der Waals surface area contributed by atoms with Crippen LogP contribution in [0.15, 0.2) is 12.4 Å². The molecule has 1 aliphatic rings. The largest absolute Gasteiger partial charge is 0.362 e. The molecule has 0 aromatic rings. The van der Waals surface area contributed by atoms with E-state index in [2.05, 4.69) is 36.2 Å². The highest BCUT2D eigenvalue weighted by Gasteiger charge is 2.03. The van der Waals surface area contributed by atoms with Crippen LogP contribution in [0.4, 0.5) is 0 Å². The van der Waals surface area contributed by atoms with E-state index in [1.807, 2.05) is 0 Å². The molecule has 1 rings (SSSR count). The van der Waals surface area contributed by atoms with Crippen LogP contribution >= 0.6 is 86.8 Å². The maximum atomic E-state index is 2.25. The van der Waals surface area contributed by atoms with E-state index in [1.165, 1.54) is 0 Å². The normalized spacial score (nSPS) is 9.73. The third kappa shape index (κ3) is 18.0. The minimum atomic E-state index is 0. The first kappa shape index (κ1) is 44.0. The van der Waals surface area contributed by atoms with Crippen LogP contribution in [0.2, 0.25) is 0 Å². The lowest BCUT2D eigenvalue weighted by atomic mass is 10.6. The smallest absolute Gasteiger partial charge is 0.0890 e. The van der Waals surface area contributed by atoms with Gasteiger partial charge in [0, 0.05) is 26.0 Å². The van der Waals surface area contributed by atoms with Gasteiger partial charge in [-0.25, -0.2) is 0 Å². The van der Waals surface area contributed by atoms with Crippen molar-refractivity contribution in [2.24, 2.45) is 0 Å². The van der Waals surface area contributed by atoms with Gasteiger partial charge in [-0.2, -0.15) is 0 Å². The zero-order chi connectivity index (χ0) is 5.98. The zero-order valence-electron chi connectivity index (χ0n) is 8.32. The molecule has 0 unspecified atom stereocenters. The summed E-state index contributed by atoms with van der Waals surface area (Å²) in [7, 11) is 2.08. The molecule has 0 aliphatic carbocycles. The van der Waals surface area contributed by atoms with Gasteiger partial charge in [0.05, 0.1) is 6.67 Å². The average molecular weight is 367 g/mol. The fraction of sp³-hybridized carbons (Fsp3) is 0.667. The lowest BCUT2D eigenvalue weighted by molar-refractivity contribution is 0.308. The monoisotopic (exact) mass is 364 g/mol. The highest BCUT2D eigenvalue weighted by Crippen LogP contribution is 2.00. The Labute approximate surface area is 135 Å². The van der Waals surface area contributed by atoms with Crippen molar-refractivity contribution in [1.82, 2.24) is 9.80 Å². The number of hydrogen-bond acceptors (Lipinski definition) is 2. The lowest BCUT2D eigenvalue weighted by Gasteiger charge is -2.14. The van der Waals surface area contributed by atoms with Crippen molar-refractivity contribution in [3.8, 4) is 0 Å². The second-order valence-corrected chi connectivity index (χ2v) is 2.10. The Morgan fingerprint density at radius 2 is 1.27 bits per heavy atom. The lowest BCUT2D eigenvalue weighted by Crippen LogP contribution is -2.21. The first-order chi connectivity index (χ1) is 3.83. The van der Waals surface area contributed by atoms with Gasteiger partial charge in [0.25, 0.3) is 0 Å². The molecular weight excluding hydrogens is 348 g/mol. The van der Waals surface area contributed by atoms with Crippen molar-refractivity contribution in [3.63, 3.8) is 0 Å². The van der Waals surface area contributed by atoms with Gasteiger partial charge >= 0.3 is 0 Å². The second-order valence-electron chi connectivity index (χ2n) is 2.10. The Morgan fingerprint density at radius 1 is 0.867 bits per heavy atom. The van der Waals surface area contributed by atoms with Crippen LogP contribution in [0.5, 0.6) is 0 Å². The minimum absolute atomic E-state index is 0. The molecular formula is C6H19Cl7N2. The van der Waals surface area contributed by atoms with Crippen molar-refractivity contribution < 1.29 is 0 Å². The molecule has 1 aliphatic heterocycles. The van der Waals surface area contributed by atoms with Crippen LogP contribution < -0.4 is 0 Å². The van der Waals surface area contributed by atoms with Crippen LogP contribution in [-0.4, -0.2) is 30.1 Å². The quantitative estimate of drug-likeness (QED) is 0.698. The number of halogens is 7. The summed E-state index contributed by atoms with van der Waals surface area (Å²) in [5.74, 6) is 0. The van der Waals surface area contributed by atoms with Crippen LogP contribution in [0.3, 0.4) is 0 Å². The van der Waals surface area contributed by atoms with E-state index in [-0.39, 0.29) is 86.8 Å². The highest BCUT2D eigenvalue weighted by atomic mass is 35.5. The van der Waals surface area contributed by atoms with E-state index in [1.54, 1.807) is 0 Å². The maximum Gasteiger partial charge on any atom is 0.0890 e. The SMILES string of the molecule is CCN1C=CN(C)C1.Cl.Cl.Cl.Cl.Cl.Cl.Cl. The van der Waals surface area contributed by atoms with E-state index in [4.69, 9.17) is 0 Å². The molecule has 1 heterocycles. The van der Waals surface area contributed by atoms with E-state index in [0.717, 1.165) is 13.2 Å². The second kappa shape index (κ2) is 24.6. The van der Waals surface area contributed by atoms with E-state index < -0.39 is 0 Å². The van der Waals surface area contributed by atoms with Crippen molar-refractivity contribution in [2.45, 2.75) is 6.92 Å². The van der Waals surface area contributed by atoms with Crippen LogP contribution in [0.1, 0.15) is 6.92 Å². The van der Waals surface area contributed by atoms with Crippen LogP contribution in [0, 0.1) is 0 Å². The van der Waals surface area contributed by atoms with E-state index in [0.29, 0.717) is 0 Å². The molecule has 0 radical (unpaired) electrons. The van der Waals surface area contributed by atoms with Gasteiger partial charge in [0.15, 0.2) is 0 Å². The molecule has 0 bridgehead atoms. The first-order valence-corrected chi connectivity index (χ1v) is 2.95. The first-order valence-electron chi connectivity index (χ1n) is 2.95. The molecule has 9 heteroatoms. The summed E-state index contributed by atoms with van der Waals surface area (Å²) in [5.41, 5.74) is 0. The molecule has 15 heavy (non-hydrogen) atoms. The molecule has 0 amide bonds. The predicted molar refractivity (Wildman–Crippen MR) is 84.9 cm³/mol. The molecule has 2 nitrogen and oxygen atoms in total. The molecule has 102 valence electrons. The highest BCUT2D eigenvalue weighted by molar-refractivity contribution is 5.86. The third-order valence-corrected chi connectivity index (χ3v) is 1.34. The van der Waals surface area contributed by atoms with Crippen LogP contribution in [-0.2, 0) is 0 Å². The molecule has 0 atom stereocenters. The summed E-state index contributed by atoms with van der Waals surface area (Å²) in [5, 5.41) is 0. The fourth-order valence-corrected chi connectivity index (χ4v) is 0.794. The Bertz CT molecular complexity index is 114. The van der Waals surface area contributed by atoms with Gasteiger partial charge < -0.3 is 9.80 Å². The summed E-state index contributed by atoms with van der Waals surface area (Å²) in [6.07, 6.45) is 4.20. The molecule has 0 aromatic heterocycles. The molecule has 0 saturated carbocycles. The molecule has 0 spiro atoms. The Balaban J connectivity index is -0.0000000183. The van der Waals surface area contributed by atoms with Crippen molar-refractivity contribution >= 4 is 86.8 Å². The predicted octanol–water partition coefficient (Wildman–Crippen LogP) is 3.64. The molecule has 0 aromatic carbocycles. The zero-order valence-corrected chi connectivity index (χ0v) is 14.0. The summed E-state index contributed by atoms with van der Waals surface area (Å²) < 4.78 is 0. The summed E-state index contributed by atoms with van der Waals surface area (Å²) in [6.45, 7) is 4.32. The topological polar surface area (TPSA) is 6.48 Å². The summed E-state index contributed by atoms with van der Waals surface area (Å²) in [6, 6.07) is 0.